The van der Waals surface area contributed by atoms with Crippen LogP contribution in [0.4, 0.5) is 0 Å². The average Bonchev–Trinajstić information content (AvgIpc) is 2.35. The van der Waals surface area contributed by atoms with Gasteiger partial charge in [-0.2, -0.15) is 0 Å². The first-order valence-corrected chi connectivity index (χ1v) is 9.05. The molecule has 0 saturated heterocycles. The number of ether oxygens (including phenoxy) is 2. The molecule has 1 unspecified atom stereocenters. The minimum absolute atomic E-state index is 0.186. The fourth-order valence-corrected chi connectivity index (χ4v) is 2.15. The smallest absolute Gasteiger partial charge is 0.311 e. The quantitative estimate of drug-likeness (QED) is 0.573. The molecule has 0 aromatic rings. The SMILES string of the molecule is CCC(C)(C)C(=O)OC(CC(C)C)CC(C)(C)OC(=O)C(C)(C)C. The van der Waals surface area contributed by atoms with Gasteiger partial charge in [0.25, 0.3) is 0 Å². The van der Waals surface area contributed by atoms with E-state index in [2.05, 4.69) is 13.8 Å². The number of hydrogen-bond acceptors (Lipinski definition) is 4. The highest BCUT2D eigenvalue weighted by atomic mass is 16.6. The Labute approximate surface area is 148 Å². The number of carbonyl (C=O) groups is 2. The monoisotopic (exact) mass is 342 g/mol. The third-order valence-electron chi connectivity index (χ3n) is 4.15. The molecule has 0 amide bonds. The molecule has 142 valence electrons. The second kappa shape index (κ2) is 8.35. The Hall–Kier alpha value is -1.06. The summed E-state index contributed by atoms with van der Waals surface area (Å²) in [6.07, 6.45) is 1.72. The molecule has 1 atom stereocenters. The van der Waals surface area contributed by atoms with E-state index in [1.165, 1.54) is 0 Å². The van der Waals surface area contributed by atoms with Crippen molar-refractivity contribution in [3.05, 3.63) is 0 Å². The Morgan fingerprint density at radius 3 is 1.79 bits per heavy atom. The van der Waals surface area contributed by atoms with Crippen molar-refractivity contribution in [3.63, 3.8) is 0 Å². The predicted molar refractivity (Wildman–Crippen MR) is 97.7 cm³/mol. The van der Waals surface area contributed by atoms with E-state index >= 15 is 0 Å². The molecule has 0 bridgehead atoms. The molecule has 0 N–H and O–H groups in total. The fourth-order valence-electron chi connectivity index (χ4n) is 2.15. The van der Waals surface area contributed by atoms with E-state index in [4.69, 9.17) is 9.47 Å². The summed E-state index contributed by atoms with van der Waals surface area (Å²) in [5.74, 6) is -0.0359. The first-order chi connectivity index (χ1) is 10.6. The van der Waals surface area contributed by atoms with E-state index < -0.39 is 16.4 Å². The van der Waals surface area contributed by atoms with Gasteiger partial charge >= 0.3 is 11.9 Å². The van der Waals surface area contributed by atoms with Crippen molar-refractivity contribution in [3.8, 4) is 0 Å². The number of rotatable bonds is 8. The third kappa shape index (κ3) is 8.16. The lowest BCUT2D eigenvalue weighted by atomic mass is 9.89. The van der Waals surface area contributed by atoms with Gasteiger partial charge in [0, 0.05) is 6.42 Å². The summed E-state index contributed by atoms with van der Waals surface area (Å²) in [4.78, 5) is 24.6. The van der Waals surface area contributed by atoms with Crippen LogP contribution >= 0.6 is 0 Å². The van der Waals surface area contributed by atoms with E-state index in [0.29, 0.717) is 12.3 Å². The molecule has 0 heterocycles. The molecule has 0 fully saturated rings. The molecule has 0 radical (unpaired) electrons. The standard InChI is InChI=1S/C20H38O4/c1-11-19(7,8)17(22)23-15(12-14(2)3)13-20(9,10)24-16(21)18(4,5)6/h14-15H,11-13H2,1-10H3. The van der Waals surface area contributed by atoms with Gasteiger partial charge in [-0.1, -0.05) is 20.8 Å². The van der Waals surface area contributed by atoms with Gasteiger partial charge < -0.3 is 9.47 Å². The molecule has 0 aliphatic heterocycles. The maximum Gasteiger partial charge on any atom is 0.311 e. The van der Waals surface area contributed by atoms with E-state index in [0.717, 1.165) is 12.8 Å². The lowest BCUT2D eigenvalue weighted by Gasteiger charge is -2.34. The van der Waals surface area contributed by atoms with Crippen LogP contribution in [0.15, 0.2) is 0 Å². The van der Waals surface area contributed by atoms with Gasteiger partial charge in [0.2, 0.25) is 0 Å². The van der Waals surface area contributed by atoms with Crippen molar-refractivity contribution in [1.82, 2.24) is 0 Å². The predicted octanol–water partition coefficient (Wildman–Crippen LogP) is 5.14. The fraction of sp³-hybridized carbons (Fsp3) is 0.900. The average molecular weight is 343 g/mol. The van der Waals surface area contributed by atoms with Gasteiger partial charge in [0.1, 0.15) is 11.7 Å². The zero-order valence-corrected chi connectivity index (χ0v) is 17.4. The van der Waals surface area contributed by atoms with E-state index in [1.54, 1.807) is 0 Å². The normalized spacial score (nSPS) is 14.5. The maximum absolute atomic E-state index is 12.4. The van der Waals surface area contributed by atoms with Gasteiger partial charge in [-0.25, -0.2) is 0 Å². The van der Waals surface area contributed by atoms with Crippen LogP contribution in [0.2, 0.25) is 0 Å². The second-order valence-electron chi connectivity index (χ2n) is 9.50. The highest BCUT2D eigenvalue weighted by Gasteiger charge is 2.36. The van der Waals surface area contributed by atoms with Gasteiger partial charge in [0.15, 0.2) is 0 Å². The molecule has 0 spiro atoms. The molecule has 4 heteroatoms. The van der Waals surface area contributed by atoms with Gasteiger partial charge in [-0.15, -0.1) is 0 Å². The first kappa shape index (κ1) is 22.9. The van der Waals surface area contributed by atoms with Gasteiger partial charge in [-0.05, 0) is 67.2 Å². The van der Waals surface area contributed by atoms with Crippen LogP contribution < -0.4 is 0 Å². The van der Waals surface area contributed by atoms with Crippen LogP contribution in [0.25, 0.3) is 0 Å². The van der Waals surface area contributed by atoms with Crippen LogP contribution in [0.5, 0.6) is 0 Å². The lowest BCUT2D eigenvalue weighted by Crippen LogP contribution is -2.39. The zero-order valence-electron chi connectivity index (χ0n) is 17.4. The number of hydrogen-bond donors (Lipinski definition) is 0. The van der Waals surface area contributed by atoms with Crippen LogP contribution in [-0.4, -0.2) is 23.6 Å². The van der Waals surface area contributed by atoms with Crippen LogP contribution in [0.3, 0.4) is 0 Å². The van der Waals surface area contributed by atoms with E-state index in [-0.39, 0.29) is 18.0 Å². The summed E-state index contributed by atoms with van der Waals surface area (Å²) in [5.41, 5.74) is -1.73. The van der Waals surface area contributed by atoms with Crippen molar-refractivity contribution in [2.45, 2.75) is 100 Å². The molecule has 0 aliphatic rings. The van der Waals surface area contributed by atoms with E-state index in [9.17, 15) is 9.59 Å². The molecular weight excluding hydrogens is 304 g/mol. The largest absolute Gasteiger partial charge is 0.462 e. The van der Waals surface area contributed by atoms with Crippen molar-refractivity contribution in [2.24, 2.45) is 16.7 Å². The van der Waals surface area contributed by atoms with Crippen LogP contribution in [-0.2, 0) is 19.1 Å². The number of carbonyl (C=O) groups excluding carboxylic acids is 2. The lowest BCUT2D eigenvalue weighted by molar-refractivity contribution is -0.174. The summed E-state index contributed by atoms with van der Waals surface area (Å²) >= 11 is 0. The summed E-state index contributed by atoms with van der Waals surface area (Å²) in [7, 11) is 0. The Balaban J connectivity index is 5.07. The number of esters is 2. The summed E-state index contributed by atoms with van der Waals surface area (Å²) in [6, 6.07) is 0. The van der Waals surface area contributed by atoms with Crippen molar-refractivity contribution in [2.75, 3.05) is 0 Å². The Morgan fingerprint density at radius 1 is 0.917 bits per heavy atom. The van der Waals surface area contributed by atoms with Gasteiger partial charge in [-0.3, -0.25) is 9.59 Å². The van der Waals surface area contributed by atoms with Crippen molar-refractivity contribution < 1.29 is 19.1 Å². The highest BCUT2D eigenvalue weighted by molar-refractivity contribution is 5.76. The Morgan fingerprint density at radius 2 is 1.42 bits per heavy atom. The first-order valence-electron chi connectivity index (χ1n) is 9.05. The van der Waals surface area contributed by atoms with Crippen molar-refractivity contribution in [1.29, 1.82) is 0 Å². The second-order valence-corrected chi connectivity index (χ2v) is 9.50. The van der Waals surface area contributed by atoms with Crippen molar-refractivity contribution >= 4 is 11.9 Å². The Kier molecular flexibility index (Phi) is 7.98. The molecule has 0 saturated carbocycles. The maximum atomic E-state index is 12.4. The third-order valence-corrected chi connectivity index (χ3v) is 4.15. The van der Waals surface area contributed by atoms with Crippen LogP contribution in [0, 0.1) is 16.7 Å². The molecule has 0 aromatic carbocycles. The molecule has 0 aliphatic carbocycles. The van der Waals surface area contributed by atoms with E-state index in [1.807, 2.05) is 55.4 Å². The van der Waals surface area contributed by atoms with Crippen LogP contribution in [0.1, 0.15) is 88.5 Å². The van der Waals surface area contributed by atoms with Gasteiger partial charge in [0.05, 0.1) is 10.8 Å². The zero-order chi connectivity index (χ0) is 19.3. The molecule has 0 rings (SSSR count). The summed E-state index contributed by atoms with van der Waals surface area (Å²) in [6.45, 7) is 19.2. The Bertz CT molecular complexity index is 427. The summed E-state index contributed by atoms with van der Waals surface area (Å²) in [5, 5.41) is 0. The topological polar surface area (TPSA) is 52.6 Å². The minimum Gasteiger partial charge on any atom is -0.462 e. The summed E-state index contributed by atoms with van der Waals surface area (Å²) < 4.78 is 11.5. The minimum atomic E-state index is -0.680. The highest BCUT2D eigenvalue weighted by Crippen LogP contribution is 2.29. The molecule has 24 heavy (non-hydrogen) atoms. The molecular formula is C20H38O4. The molecule has 4 nitrogen and oxygen atoms in total. The molecule has 0 aromatic heterocycles.